The van der Waals surface area contributed by atoms with Crippen molar-refractivity contribution in [1.29, 1.82) is 0 Å². The molecule has 0 saturated carbocycles. The van der Waals surface area contributed by atoms with Gasteiger partial charge in [-0.1, -0.05) is 121 Å². The van der Waals surface area contributed by atoms with E-state index in [0.717, 1.165) is 55.0 Å². The maximum atomic E-state index is 8.80. The number of rotatable bonds is 4. The van der Waals surface area contributed by atoms with Crippen molar-refractivity contribution in [1.82, 2.24) is 19.1 Å². The lowest BCUT2D eigenvalue weighted by Crippen LogP contribution is -2.03. The number of fused-ring (bicyclic) bond motifs is 7. The van der Waals surface area contributed by atoms with E-state index in [4.69, 9.17) is 16.8 Å². The summed E-state index contributed by atoms with van der Waals surface area (Å²) < 4.78 is 46.9. The van der Waals surface area contributed by atoms with Crippen LogP contribution in [0.1, 0.15) is 6.85 Å². The molecule has 0 radical (unpaired) electrons. The first-order valence-electron chi connectivity index (χ1n) is 18.4. The summed E-state index contributed by atoms with van der Waals surface area (Å²) >= 11 is 0. The Hall–Kier alpha value is -6.52. The SMILES string of the molecule is [2H]c1c([2H])c([2H])c(-c2nc(-n3c4ccccc4c4ccc(-c5ccc6c(c5)c5ccccc5n6-c5ccccc5)cc43)nc3ccccc23)c([2H])c1[2H]. The lowest BCUT2D eigenvalue weighted by molar-refractivity contribution is 1.01. The number of para-hydroxylation sites is 4. The summed E-state index contributed by atoms with van der Waals surface area (Å²) in [7, 11) is 0. The molecule has 4 heteroatoms. The average Bonchev–Trinajstić information content (AvgIpc) is 3.72. The van der Waals surface area contributed by atoms with Gasteiger partial charge in [0.1, 0.15) is 0 Å². The van der Waals surface area contributed by atoms with Crippen LogP contribution in [0.3, 0.4) is 0 Å². The van der Waals surface area contributed by atoms with Crippen LogP contribution in [0.25, 0.3) is 88.5 Å². The number of aromatic nitrogens is 4. The van der Waals surface area contributed by atoms with Gasteiger partial charge in [0.05, 0.1) is 40.1 Å². The minimum absolute atomic E-state index is 0.0419. The van der Waals surface area contributed by atoms with E-state index < -0.39 is 18.1 Å². The van der Waals surface area contributed by atoms with Crippen LogP contribution in [0.2, 0.25) is 0 Å². The summed E-state index contributed by atoms with van der Waals surface area (Å²) in [6, 6.07) is 45.6. The van der Waals surface area contributed by atoms with Crippen molar-refractivity contribution < 1.29 is 6.85 Å². The first-order chi connectivity index (χ1) is 25.9. The van der Waals surface area contributed by atoms with E-state index in [1.165, 1.54) is 5.39 Å². The predicted molar refractivity (Wildman–Crippen MR) is 199 cm³/mol. The van der Waals surface area contributed by atoms with Gasteiger partial charge in [0.2, 0.25) is 5.95 Å². The minimum atomic E-state index is -0.444. The van der Waals surface area contributed by atoms with Gasteiger partial charge in [-0.3, -0.25) is 4.57 Å². The Labute approximate surface area is 283 Å². The standard InChI is InChI=1S/C44H28N4/c1-3-13-29(14-4-1)43-36-19-7-10-20-38(36)45-44(46-43)48-40-22-12-8-17-33(40)35-25-23-31(28-42(35)48)30-24-26-41-37(27-30)34-18-9-11-21-39(34)47(41)32-15-5-2-6-16-32/h1-28H/i1D,3D,4D,13D,14D. The van der Waals surface area contributed by atoms with Crippen LogP contribution in [-0.2, 0) is 0 Å². The first kappa shape index (κ1) is 22.1. The third-order valence-electron chi connectivity index (χ3n) is 9.22. The molecule has 0 atom stereocenters. The second-order valence-electron chi connectivity index (χ2n) is 11.9. The molecule has 3 heterocycles. The Morgan fingerprint density at radius 1 is 0.417 bits per heavy atom. The number of benzene rings is 7. The summed E-state index contributed by atoms with van der Waals surface area (Å²) in [4.78, 5) is 10.1. The Morgan fingerprint density at radius 3 is 1.83 bits per heavy atom. The van der Waals surface area contributed by atoms with Crippen LogP contribution in [0.5, 0.6) is 0 Å². The molecule has 0 fully saturated rings. The molecule has 0 aliphatic rings. The fraction of sp³-hybridized carbons (Fsp3) is 0. The molecule has 7 aromatic carbocycles. The van der Waals surface area contributed by atoms with Gasteiger partial charge >= 0.3 is 0 Å². The van der Waals surface area contributed by atoms with Crippen molar-refractivity contribution in [2.24, 2.45) is 0 Å². The maximum Gasteiger partial charge on any atom is 0.235 e. The largest absolute Gasteiger partial charge is 0.309 e. The van der Waals surface area contributed by atoms with Crippen molar-refractivity contribution in [2.45, 2.75) is 0 Å². The van der Waals surface area contributed by atoms with Crippen molar-refractivity contribution >= 4 is 54.5 Å². The molecule has 48 heavy (non-hydrogen) atoms. The number of nitrogens with zero attached hydrogens (tertiary/aromatic N) is 4. The lowest BCUT2D eigenvalue weighted by atomic mass is 10.0. The van der Waals surface area contributed by atoms with Gasteiger partial charge in [0.15, 0.2) is 0 Å². The van der Waals surface area contributed by atoms with Crippen molar-refractivity contribution in [3.05, 3.63) is 170 Å². The highest BCUT2D eigenvalue weighted by Crippen LogP contribution is 2.38. The van der Waals surface area contributed by atoms with Gasteiger partial charge in [-0.2, -0.15) is 0 Å². The van der Waals surface area contributed by atoms with Crippen molar-refractivity contribution in [3.63, 3.8) is 0 Å². The highest BCUT2D eigenvalue weighted by atomic mass is 15.2. The normalized spacial score (nSPS) is 13.2. The fourth-order valence-electron chi connectivity index (χ4n) is 7.10. The second-order valence-corrected chi connectivity index (χ2v) is 11.9. The minimum Gasteiger partial charge on any atom is -0.309 e. The summed E-state index contributed by atoms with van der Waals surface area (Å²) in [5.74, 6) is 0.343. The summed E-state index contributed by atoms with van der Waals surface area (Å²) in [6.45, 7) is 0. The van der Waals surface area contributed by atoms with Crippen molar-refractivity contribution in [2.75, 3.05) is 0 Å². The van der Waals surface area contributed by atoms with Gasteiger partial charge in [-0.15, -0.1) is 0 Å². The molecule has 224 valence electrons. The molecular weight excluding hydrogens is 585 g/mol. The molecule has 0 saturated heterocycles. The van der Waals surface area contributed by atoms with Gasteiger partial charge in [-0.25, -0.2) is 9.97 Å². The monoisotopic (exact) mass is 617 g/mol. The zero-order chi connectivity index (χ0) is 36.0. The Morgan fingerprint density at radius 2 is 1.02 bits per heavy atom. The molecule has 0 spiro atoms. The van der Waals surface area contributed by atoms with Crippen LogP contribution in [0, 0.1) is 0 Å². The Bertz CT molecular complexity index is 3100. The molecule has 0 aliphatic carbocycles. The van der Waals surface area contributed by atoms with E-state index in [0.29, 0.717) is 16.9 Å². The topological polar surface area (TPSA) is 35.6 Å². The molecule has 10 rings (SSSR count). The molecule has 10 aromatic rings. The van der Waals surface area contributed by atoms with Crippen LogP contribution in [0.15, 0.2) is 170 Å². The Kier molecular flexibility index (Phi) is 4.84. The van der Waals surface area contributed by atoms with Gasteiger partial charge in [0, 0.05) is 38.2 Å². The summed E-state index contributed by atoms with van der Waals surface area (Å²) in [5.41, 5.74) is 8.16. The number of hydrogen-bond donors (Lipinski definition) is 0. The number of hydrogen-bond acceptors (Lipinski definition) is 2. The molecule has 4 nitrogen and oxygen atoms in total. The molecular formula is C44H28N4. The molecule has 0 aliphatic heterocycles. The Balaban J connectivity index is 1.23. The molecule has 0 bridgehead atoms. The van der Waals surface area contributed by atoms with Crippen LogP contribution >= 0.6 is 0 Å². The highest BCUT2D eigenvalue weighted by molar-refractivity contribution is 6.12. The predicted octanol–water partition coefficient (Wildman–Crippen LogP) is 11.2. The molecule has 3 aromatic heterocycles. The van der Waals surface area contributed by atoms with Gasteiger partial charge in [0.25, 0.3) is 0 Å². The van der Waals surface area contributed by atoms with Crippen LogP contribution < -0.4 is 0 Å². The zero-order valence-electron chi connectivity index (χ0n) is 30.6. The van der Waals surface area contributed by atoms with Gasteiger partial charge in [-0.05, 0) is 59.7 Å². The zero-order valence-corrected chi connectivity index (χ0v) is 25.6. The summed E-state index contributed by atoms with van der Waals surface area (Å²) in [5, 5.41) is 4.97. The van der Waals surface area contributed by atoms with E-state index in [-0.39, 0.29) is 23.3 Å². The molecule has 0 amide bonds. The van der Waals surface area contributed by atoms with E-state index in [2.05, 4.69) is 95.6 Å². The van der Waals surface area contributed by atoms with E-state index in [9.17, 15) is 0 Å². The average molecular weight is 618 g/mol. The quantitative estimate of drug-likeness (QED) is 0.197. The first-order valence-corrected chi connectivity index (χ1v) is 15.9. The third-order valence-corrected chi connectivity index (χ3v) is 9.22. The molecule has 0 unspecified atom stereocenters. The van der Waals surface area contributed by atoms with Gasteiger partial charge < -0.3 is 4.57 Å². The fourth-order valence-corrected chi connectivity index (χ4v) is 7.10. The summed E-state index contributed by atoms with van der Waals surface area (Å²) in [6.07, 6.45) is 0. The smallest absolute Gasteiger partial charge is 0.235 e. The second kappa shape index (κ2) is 10.5. The van der Waals surface area contributed by atoms with Crippen LogP contribution in [-0.4, -0.2) is 19.1 Å². The van der Waals surface area contributed by atoms with Crippen molar-refractivity contribution in [3.8, 4) is 34.0 Å². The van der Waals surface area contributed by atoms with E-state index in [1.54, 1.807) is 0 Å². The molecule has 0 N–H and O–H groups in total. The highest BCUT2D eigenvalue weighted by Gasteiger charge is 2.18. The third kappa shape index (κ3) is 4.03. The lowest BCUT2D eigenvalue weighted by Gasteiger charge is -2.12. The van der Waals surface area contributed by atoms with E-state index in [1.807, 2.05) is 53.1 Å². The van der Waals surface area contributed by atoms with E-state index >= 15 is 0 Å². The maximum absolute atomic E-state index is 8.80. The van der Waals surface area contributed by atoms with Crippen LogP contribution in [0.4, 0.5) is 0 Å².